The van der Waals surface area contributed by atoms with Crippen LogP contribution in [0.4, 0.5) is 11.4 Å². The Labute approximate surface area is 84.7 Å². The molecule has 0 amide bonds. The number of anilines is 2. The van der Waals surface area contributed by atoms with E-state index in [2.05, 4.69) is 17.0 Å². The predicted octanol–water partition coefficient (Wildman–Crippen LogP) is 1.33. The molecule has 0 radical (unpaired) electrons. The third-order valence-corrected chi connectivity index (χ3v) is 2.82. The number of nitrogens with zero attached hydrogens (tertiary/aromatic N) is 1. The first-order valence-electron chi connectivity index (χ1n) is 5.14. The summed E-state index contributed by atoms with van der Waals surface area (Å²) < 4.78 is 0. The van der Waals surface area contributed by atoms with Crippen LogP contribution in [0, 0.1) is 0 Å². The Bertz CT molecular complexity index is 316. The minimum absolute atomic E-state index is 0.521. The highest BCUT2D eigenvalue weighted by atomic mass is 15.1. The second-order valence-electron chi connectivity index (χ2n) is 3.78. The fourth-order valence-corrected chi connectivity index (χ4v) is 1.94. The zero-order valence-corrected chi connectivity index (χ0v) is 8.37. The highest BCUT2D eigenvalue weighted by Gasteiger charge is 2.12. The predicted molar refractivity (Wildman–Crippen MR) is 60.2 cm³/mol. The van der Waals surface area contributed by atoms with Gasteiger partial charge in [-0.05, 0) is 36.6 Å². The van der Waals surface area contributed by atoms with Gasteiger partial charge in [-0.2, -0.15) is 0 Å². The molecule has 3 heteroatoms. The summed E-state index contributed by atoms with van der Waals surface area (Å²) in [5.74, 6) is 0. The SMILES string of the molecule is NCc1cc(N2CCCC2)ccc1N. The number of hydrogen-bond acceptors (Lipinski definition) is 3. The van der Waals surface area contributed by atoms with Gasteiger partial charge in [-0.1, -0.05) is 0 Å². The number of benzene rings is 1. The molecule has 0 saturated carbocycles. The van der Waals surface area contributed by atoms with E-state index in [9.17, 15) is 0 Å². The minimum Gasteiger partial charge on any atom is -0.398 e. The first kappa shape index (κ1) is 9.34. The maximum absolute atomic E-state index is 5.80. The van der Waals surface area contributed by atoms with Gasteiger partial charge in [0, 0.05) is 31.0 Å². The molecule has 0 spiro atoms. The van der Waals surface area contributed by atoms with Crippen molar-refractivity contribution in [3.8, 4) is 0 Å². The Hall–Kier alpha value is -1.22. The first-order valence-corrected chi connectivity index (χ1v) is 5.14. The molecule has 0 atom stereocenters. The number of nitrogen functional groups attached to an aromatic ring is 1. The Balaban J connectivity index is 2.25. The van der Waals surface area contributed by atoms with Gasteiger partial charge in [-0.15, -0.1) is 0 Å². The van der Waals surface area contributed by atoms with E-state index in [4.69, 9.17) is 11.5 Å². The van der Waals surface area contributed by atoms with Crippen molar-refractivity contribution in [2.45, 2.75) is 19.4 Å². The fraction of sp³-hybridized carbons (Fsp3) is 0.455. The van der Waals surface area contributed by atoms with Crippen molar-refractivity contribution in [3.63, 3.8) is 0 Å². The van der Waals surface area contributed by atoms with E-state index in [0.29, 0.717) is 6.54 Å². The lowest BCUT2D eigenvalue weighted by Crippen LogP contribution is -2.18. The largest absolute Gasteiger partial charge is 0.398 e. The van der Waals surface area contributed by atoms with Gasteiger partial charge in [0.2, 0.25) is 0 Å². The van der Waals surface area contributed by atoms with Crippen LogP contribution in [-0.2, 0) is 6.54 Å². The lowest BCUT2D eigenvalue weighted by Gasteiger charge is -2.18. The van der Waals surface area contributed by atoms with E-state index in [0.717, 1.165) is 24.3 Å². The fourth-order valence-electron chi connectivity index (χ4n) is 1.94. The van der Waals surface area contributed by atoms with Crippen molar-refractivity contribution in [3.05, 3.63) is 23.8 Å². The number of hydrogen-bond donors (Lipinski definition) is 2. The lowest BCUT2D eigenvalue weighted by atomic mass is 10.1. The van der Waals surface area contributed by atoms with Crippen molar-refractivity contribution in [2.24, 2.45) is 5.73 Å². The second kappa shape index (κ2) is 3.88. The van der Waals surface area contributed by atoms with Crippen LogP contribution >= 0.6 is 0 Å². The molecule has 1 aromatic carbocycles. The summed E-state index contributed by atoms with van der Waals surface area (Å²) in [5.41, 5.74) is 14.5. The molecule has 1 aliphatic heterocycles. The van der Waals surface area contributed by atoms with E-state index >= 15 is 0 Å². The number of nitrogens with two attached hydrogens (primary N) is 2. The maximum Gasteiger partial charge on any atom is 0.0370 e. The number of rotatable bonds is 2. The van der Waals surface area contributed by atoms with E-state index in [1.807, 2.05) is 6.07 Å². The molecule has 3 nitrogen and oxygen atoms in total. The van der Waals surface area contributed by atoms with Crippen LogP contribution in [0.2, 0.25) is 0 Å². The van der Waals surface area contributed by atoms with Gasteiger partial charge in [0.05, 0.1) is 0 Å². The molecule has 1 aromatic rings. The molecule has 0 aliphatic carbocycles. The molecule has 1 aliphatic rings. The summed E-state index contributed by atoms with van der Waals surface area (Å²) in [5, 5.41) is 0. The van der Waals surface area contributed by atoms with Crippen LogP contribution in [0.15, 0.2) is 18.2 Å². The Morgan fingerprint density at radius 2 is 1.93 bits per heavy atom. The summed E-state index contributed by atoms with van der Waals surface area (Å²) in [6.07, 6.45) is 2.59. The first-order chi connectivity index (χ1) is 6.81. The van der Waals surface area contributed by atoms with Gasteiger partial charge in [-0.25, -0.2) is 0 Å². The van der Waals surface area contributed by atoms with Crippen LogP contribution in [0.25, 0.3) is 0 Å². The smallest absolute Gasteiger partial charge is 0.0370 e. The highest BCUT2D eigenvalue weighted by molar-refractivity contribution is 5.58. The van der Waals surface area contributed by atoms with Gasteiger partial charge in [0.25, 0.3) is 0 Å². The molecular weight excluding hydrogens is 174 g/mol. The van der Waals surface area contributed by atoms with Crippen molar-refractivity contribution in [1.29, 1.82) is 0 Å². The third-order valence-electron chi connectivity index (χ3n) is 2.82. The molecule has 1 fully saturated rings. The molecule has 2 rings (SSSR count). The van der Waals surface area contributed by atoms with Gasteiger partial charge in [0.1, 0.15) is 0 Å². The van der Waals surface area contributed by atoms with Gasteiger partial charge in [-0.3, -0.25) is 0 Å². The summed E-state index contributed by atoms with van der Waals surface area (Å²) in [4.78, 5) is 2.39. The van der Waals surface area contributed by atoms with E-state index in [1.165, 1.54) is 18.5 Å². The van der Waals surface area contributed by atoms with Crippen LogP contribution in [0.5, 0.6) is 0 Å². The van der Waals surface area contributed by atoms with Gasteiger partial charge in [0.15, 0.2) is 0 Å². The summed E-state index contributed by atoms with van der Waals surface area (Å²) >= 11 is 0. The van der Waals surface area contributed by atoms with Crippen molar-refractivity contribution >= 4 is 11.4 Å². The topological polar surface area (TPSA) is 55.3 Å². The summed E-state index contributed by atoms with van der Waals surface area (Å²) in [6.45, 7) is 2.84. The second-order valence-corrected chi connectivity index (χ2v) is 3.78. The lowest BCUT2D eigenvalue weighted by molar-refractivity contribution is 0.949. The molecule has 1 heterocycles. The Morgan fingerprint density at radius 3 is 2.57 bits per heavy atom. The van der Waals surface area contributed by atoms with Crippen LogP contribution in [-0.4, -0.2) is 13.1 Å². The molecule has 0 aromatic heterocycles. The third kappa shape index (κ3) is 1.68. The highest BCUT2D eigenvalue weighted by Crippen LogP contribution is 2.24. The molecule has 0 unspecified atom stereocenters. The maximum atomic E-state index is 5.80. The molecule has 76 valence electrons. The van der Waals surface area contributed by atoms with Crippen LogP contribution in [0.3, 0.4) is 0 Å². The molecular formula is C11H17N3. The van der Waals surface area contributed by atoms with Crippen molar-refractivity contribution in [1.82, 2.24) is 0 Å². The molecule has 1 saturated heterocycles. The average Bonchev–Trinajstić information content (AvgIpc) is 2.71. The van der Waals surface area contributed by atoms with Crippen molar-refractivity contribution < 1.29 is 0 Å². The van der Waals surface area contributed by atoms with Crippen LogP contribution in [0.1, 0.15) is 18.4 Å². The molecule has 14 heavy (non-hydrogen) atoms. The molecule has 4 N–H and O–H groups in total. The standard InChI is InChI=1S/C11H17N3/c12-8-9-7-10(3-4-11(9)13)14-5-1-2-6-14/h3-4,7H,1-2,5-6,8,12-13H2. The zero-order valence-electron chi connectivity index (χ0n) is 8.37. The van der Waals surface area contributed by atoms with Crippen LogP contribution < -0.4 is 16.4 Å². The monoisotopic (exact) mass is 191 g/mol. The van der Waals surface area contributed by atoms with Gasteiger partial charge < -0.3 is 16.4 Å². The van der Waals surface area contributed by atoms with Gasteiger partial charge >= 0.3 is 0 Å². The van der Waals surface area contributed by atoms with Crippen molar-refractivity contribution in [2.75, 3.05) is 23.7 Å². The quantitative estimate of drug-likeness (QED) is 0.693. The average molecular weight is 191 g/mol. The normalized spacial score (nSPS) is 16.2. The van der Waals surface area contributed by atoms with E-state index in [1.54, 1.807) is 0 Å². The Kier molecular flexibility index (Phi) is 2.59. The zero-order chi connectivity index (χ0) is 9.97. The summed E-state index contributed by atoms with van der Waals surface area (Å²) in [6, 6.07) is 6.15. The Morgan fingerprint density at radius 1 is 1.21 bits per heavy atom. The van der Waals surface area contributed by atoms with E-state index < -0.39 is 0 Å². The molecule has 0 bridgehead atoms. The minimum atomic E-state index is 0.521. The summed E-state index contributed by atoms with van der Waals surface area (Å²) in [7, 11) is 0. The van der Waals surface area contributed by atoms with E-state index in [-0.39, 0.29) is 0 Å².